The number of amides is 1. The molecule has 2 aromatic heterocycles. The highest BCUT2D eigenvalue weighted by Gasteiger charge is 2.19. The van der Waals surface area contributed by atoms with Crippen LogP contribution in [-0.4, -0.2) is 15.9 Å². The molecule has 0 aliphatic heterocycles. The zero-order chi connectivity index (χ0) is 17.4. The van der Waals surface area contributed by atoms with Gasteiger partial charge in [0.2, 0.25) is 0 Å². The second kappa shape index (κ2) is 6.32. The van der Waals surface area contributed by atoms with E-state index < -0.39 is 0 Å². The Bertz CT molecular complexity index is 928. The first-order valence-corrected chi connectivity index (χ1v) is 8.84. The van der Waals surface area contributed by atoms with E-state index in [9.17, 15) is 4.79 Å². The molecule has 1 amide bonds. The van der Waals surface area contributed by atoms with Crippen molar-refractivity contribution < 1.29 is 4.79 Å². The number of benzene rings is 1. The van der Waals surface area contributed by atoms with Crippen LogP contribution in [0.3, 0.4) is 0 Å². The molecule has 1 N–H and O–H groups in total. The fraction of sp³-hybridized carbons (Fsp3) is 0.316. The SMILES string of the molecule is Cc1nc(C)c2c(C)c(C(=O)Nc3cccc(C(C)C)c3)sc2n1. The van der Waals surface area contributed by atoms with Crippen LogP contribution in [0, 0.1) is 20.8 Å². The Kier molecular flexibility index (Phi) is 4.37. The van der Waals surface area contributed by atoms with E-state index in [4.69, 9.17) is 0 Å². The van der Waals surface area contributed by atoms with Gasteiger partial charge < -0.3 is 5.32 Å². The van der Waals surface area contributed by atoms with Crippen molar-refractivity contribution in [1.29, 1.82) is 0 Å². The Hall–Kier alpha value is -2.27. The zero-order valence-electron chi connectivity index (χ0n) is 14.6. The smallest absolute Gasteiger partial charge is 0.266 e. The maximum Gasteiger partial charge on any atom is 0.266 e. The van der Waals surface area contributed by atoms with Crippen molar-refractivity contribution in [2.24, 2.45) is 0 Å². The molecular weight excluding hydrogens is 318 g/mol. The summed E-state index contributed by atoms with van der Waals surface area (Å²) in [6, 6.07) is 8.00. The molecule has 3 rings (SSSR count). The van der Waals surface area contributed by atoms with Crippen molar-refractivity contribution in [3.8, 4) is 0 Å². The van der Waals surface area contributed by atoms with Crippen LogP contribution in [0.15, 0.2) is 24.3 Å². The number of anilines is 1. The fourth-order valence-corrected chi connectivity index (χ4v) is 4.03. The summed E-state index contributed by atoms with van der Waals surface area (Å²) in [4.78, 5) is 23.2. The van der Waals surface area contributed by atoms with Gasteiger partial charge in [0, 0.05) is 16.8 Å². The highest BCUT2D eigenvalue weighted by Crippen LogP contribution is 2.32. The number of aryl methyl sites for hydroxylation is 3. The van der Waals surface area contributed by atoms with Gasteiger partial charge in [0.05, 0.1) is 4.88 Å². The average Bonchev–Trinajstić information content (AvgIpc) is 2.84. The Morgan fingerprint density at radius 3 is 2.62 bits per heavy atom. The van der Waals surface area contributed by atoms with Crippen LogP contribution < -0.4 is 5.32 Å². The van der Waals surface area contributed by atoms with Crippen LogP contribution >= 0.6 is 11.3 Å². The topological polar surface area (TPSA) is 54.9 Å². The largest absolute Gasteiger partial charge is 0.321 e. The van der Waals surface area contributed by atoms with Crippen LogP contribution in [0.4, 0.5) is 5.69 Å². The highest BCUT2D eigenvalue weighted by atomic mass is 32.1. The first kappa shape index (κ1) is 16.6. The van der Waals surface area contributed by atoms with E-state index in [0.29, 0.717) is 10.8 Å². The minimum atomic E-state index is -0.0894. The van der Waals surface area contributed by atoms with Gasteiger partial charge >= 0.3 is 0 Å². The number of thiophene rings is 1. The predicted molar refractivity (Wildman–Crippen MR) is 100 cm³/mol. The zero-order valence-corrected chi connectivity index (χ0v) is 15.4. The number of nitrogens with zero attached hydrogens (tertiary/aromatic N) is 2. The average molecular weight is 339 g/mol. The molecule has 0 fully saturated rings. The lowest BCUT2D eigenvalue weighted by Crippen LogP contribution is -2.11. The molecule has 0 radical (unpaired) electrons. The van der Waals surface area contributed by atoms with E-state index >= 15 is 0 Å². The number of hydrogen-bond donors (Lipinski definition) is 1. The number of carbonyl (C=O) groups is 1. The van der Waals surface area contributed by atoms with Gasteiger partial charge in [0.1, 0.15) is 10.7 Å². The van der Waals surface area contributed by atoms with Crippen molar-refractivity contribution in [2.45, 2.75) is 40.5 Å². The number of nitrogens with one attached hydrogen (secondary N) is 1. The van der Waals surface area contributed by atoms with Gasteiger partial charge in [0.15, 0.2) is 0 Å². The molecule has 124 valence electrons. The summed E-state index contributed by atoms with van der Waals surface area (Å²) in [5.74, 6) is 1.07. The Balaban J connectivity index is 1.96. The van der Waals surface area contributed by atoms with E-state index in [1.165, 1.54) is 16.9 Å². The molecule has 3 aromatic rings. The van der Waals surface area contributed by atoms with Crippen LogP contribution in [0.5, 0.6) is 0 Å². The Morgan fingerprint density at radius 2 is 1.92 bits per heavy atom. The van der Waals surface area contributed by atoms with Gasteiger partial charge in [-0.3, -0.25) is 4.79 Å². The molecule has 5 heteroatoms. The molecule has 0 saturated heterocycles. The van der Waals surface area contributed by atoms with Gasteiger partial charge in [-0.15, -0.1) is 11.3 Å². The third kappa shape index (κ3) is 3.04. The summed E-state index contributed by atoms with van der Waals surface area (Å²) in [5, 5.41) is 4.00. The normalized spacial score (nSPS) is 11.2. The molecule has 0 unspecified atom stereocenters. The summed E-state index contributed by atoms with van der Waals surface area (Å²) >= 11 is 1.43. The van der Waals surface area contributed by atoms with Gasteiger partial charge in [-0.1, -0.05) is 26.0 Å². The summed E-state index contributed by atoms with van der Waals surface area (Å²) in [6.07, 6.45) is 0. The fourth-order valence-electron chi connectivity index (χ4n) is 2.85. The summed E-state index contributed by atoms with van der Waals surface area (Å²) < 4.78 is 0. The van der Waals surface area contributed by atoms with Crippen molar-refractivity contribution >= 4 is 33.1 Å². The number of rotatable bonds is 3. The number of fused-ring (bicyclic) bond motifs is 1. The predicted octanol–water partition coefficient (Wildman–Crippen LogP) is 4.99. The Morgan fingerprint density at radius 1 is 1.17 bits per heavy atom. The molecule has 1 aromatic carbocycles. The van der Waals surface area contributed by atoms with Crippen LogP contribution in [-0.2, 0) is 0 Å². The monoisotopic (exact) mass is 339 g/mol. The standard InChI is InChI=1S/C19H21N3OS/c1-10(2)14-7-6-8-15(9-14)22-18(23)17-11(3)16-12(4)20-13(5)21-19(16)24-17/h6-10H,1-5H3,(H,22,23). The third-order valence-corrected chi connectivity index (χ3v) is 5.28. The molecular formula is C19H21N3OS. The second-order valence-corrected chi connectivity index (χ2v) is 7.33. The molecule has 2 heterocycles. The number of carbonyl (C=O) groups excluding carboxylic acids is 1. The van der Waals surface area contributed by atoms with E-state index in [0.717, 1.165) is 33.0 Å². The van der Waals surface area contributed by atoms with E-state index in [1.54, 1.807) is 0 Å². The molecule has 0 bridgehead atoms. The quantitative estimate of drug-likeness (QED) is 0.731. The minimum Gasteiger partial charge on any atom is -0.321 e. The lowest BCUT2D eigenvalue weighted by Gasteiger charge is -2.09. The minimum absolute atomic E-state index is 0.0894. The molecule has 4 nitrogen and oxygen atoms in total. The van der Waals surface area contributed by atoms with Crippen molar-refractivity contribution in [3.63, 3.8) is 0 Å². The van der Waals surface area contributed by atoms with E-state index in [2.05, 4.69) is 35.2 Å². The van der Waals surface area contributed by atoms with Crippen molar-refractivity contribution in [2.75, 3.05) is 5.32 Å². The van der Waals surface area contributed by atoms with E-state index in [-0.39, 0.29) is 5.91 Å². The van der Waals surface area contributed by atoms with Crippen molar-refractivity contribution in [3.05, 3.63) is 51.8 Å². The van der Waals surface area contributed by atoms with Gasteiger partial charge in [-0.2, -0.15) is 0 Å². The van der Waals surface area contributed by atoms with Crippen LogP contribution in [0.2, 0.25) is 0 Å². The first-order chi connectivity index (χ1) is 11.4. The third-order valence-electron chi connectivity index (χ3n) is 4.10. The Labute approximate surface area is 146 Å². The van der Waals surface area contributed by atoms with Crippen molar-refractivity contribution in [1.82, 2.24) is 9.97 Å². The number of hydrogen-bond acceptors (Lipinski definition) is 4. The molecule has 24 heavy (non-hydrogen) atoms. The highest BCUT2D eigenvalue weighted by molar-refractivity contribution is 7.20. The van der Waals surface area contributed by atoms with E-state index in [1.807, 2.05) is 39.0 Å². The lowest BCUT2D eigenvalue weighted by atomic mass is 10.0. The number of aromatic nitrogens is 2. The lowest BCUT2D eigenvalue weighted by molar-refractivity contribution is 0.103. The first-order valence-electron chi connectivity index (χ1n) is 8.02. The van der Waals surface area contributed by atoms with Crippen LogP contribution in [0.25, 0.3) is 10.2 Å². The second-order valence-electron chi connectivity index (χ2n) is 6.33. The molecule has 0 atom stereocenters. The van der Waals surface area contributed by atoms with Crippen LogP contribution in [0.1, 0.15) is 52.1 Å². The molecule has 0 aliphatic carbocycles. The maximum atomic E-state index is 12.7. The molecule has 0 saturated carbocycles. The van der Waals surface area contributed by atoms with Gasteiger partial charge in [-0.25, -0.2) is 9.97 Å². The van der Waals surface area contributed by atoms with Gasteiger partial charge in [0.25, 0.3) is 5.91 Å². The maximum absolute atomic E-state index is 12.7. The summed E-state index contributed by atoms with van der Waals surface area (Å²) in [6.45, 7) is 10.1. The summed E-state index contributed by atoms with van der Waals surface area (Å²) in [7, 11) is 0. The molecule has 0 aliphatic rings. The van der Waals surface area contributed by atoms with Gasteiger partial charge in [-0.05, 0) is 49.9 Å². The molecule has 0 spiro atoms. The summed E-state index contributed by atoms with van der Waals surface area (Å²) in [5.41, 5.74) is 3.90.